The van der Waals surface area contributed by atoms with Crippen molar-refractivity contribution >= 4 is 11.9 Å². The van der Waals surface area contributed by atoms with Gasteiger partial charge >= 0.3 is 5.97 Å². The smallest absolute Gasteiger partial charge is 0.329 e. The van der Waals surface area contributed by atoms with Crippen LogP contribution in [0.1, 0.15) is 38.5 Å². The average molecular weight is 385 g/mol. The maximum atomic E-state index is 13.0. The van der Waals surface area contributed by atoms with Crippen molar-refractivity contribution in [3.8, 4) is 11.1 Å². The van der Waals surface area contributed by atoms with E-state index in [1.54, 1.807) is 0 Å². The summed E-state index contributed by atoms with van der Waals surface area (Å²) in [7, 11) is 1.35. The van der Waals surface area contributed by atoms with Gasteiger partial charge in [-0.2, -0.15) is 0 Å². The minimum atomic E-state index is -0.821. The Morgan fingerprint density at radius 2 is 1.38 bits per heavy atom. The fraction of sp³-hybridized carbons (Fsp3) is 0.200. The summed E-state index contributed by atoms with van der Waals surface area (Å²) in [5.41, 5.74) is 6.75. The molecule has 1 amide bonds. The van der Waals surface area contributed by atoms with Crippen LogP contribution >= 0.6 is 0 Å². The summed E-state index contributed by atoms with van der Waals surface area (Å²) in [6, 6.07) is 20.9. The minimum absolute atomic E-state index is 0.283. The molecule has 146 valence electrons. The van der Waals surface area contributed by atoms with Gasteiger partial charge in [-0.3, -0.25) is 4.79 Å². The van der Waals surface area contributed by atoms with Crippen molar-refractivity contribution in [3.63, 3.8) is 0 Å². The first-order valence-electron chi connectivity index (χ1n) is 9.65. The van der Waals surface area contributed by atoms with Gasteiger partial charge in [0, 0.05) is 11.5 Å². The summed E-state index contributed by atoms with van der Waals surface area (Å²) in [5, 5.41) is 2.95. The zero-order chi connectivity index (χ0) is 20.5. The third kappa shape index (κ3) is 3.42. The quantitative estimate of drug-likeness (QED) is 0.678. The molecule has 0 heterocycles. The van der Waals surface area contributed by atoms with E-state index >= 15 is 0 Å². The lowest BCUT2D eigenvalue weighted by molar-refractivity contribution is -0.143. The second-order valence-electron chi connectivity index (χ2n) is 7.50. The number of fused-ring (bicyclic) bond motifs is 3. The lowest BCUT2D eigenvalue weighted by atomic mass is 9.89. The Labute approximate surface area is 170 Å². The van der Waals surface area contributed by atoms with Crippen LogP contribution in [0.15, 0.2) is 66.7 Å². The van der Waals surface area contributed by atoms with E-state index < -0.39 is 12.0 Å². The minimum Gasteiger partial charge on any atom is -0.467 e. The third-order valence-corrected chi connectivity index (χ3v) is 5.44. The number of carbonyl (C=O) groups is 2. The second-order valence-corrected chi connectivity index (χ2v) is 7.50. The van der Waals surface area contributed by atoms with Crippen LogP contribution < -0.4 is 5.32 Å². The van der Waals surface area contributed by atoms with Gasteiger partial charge in [-0.25, -0.2) is 4.79 Å². The van der Waals surface area contributed by atoms with Crippen LogP contribution in [-0.2, 0) is 9.53 Å². The molecule has 1 aliphatic carbocycles. The highest BCUT2D eigenvalue weighted by molar-refractivity contribution is 5.98. The highest BCUT2D eigenvalue weighted by Crippen LogP contribution is 2.46. The molecular weight excluding hydrogens is 362 g/mol. The van der Waals surface area contributed by atoms with Crippen molar-refractivity contribution < 1.29 is 14.3 Å². The molecule has 0 saturated heterocycles. The Balaban J connectivity index is 1.76. The van der Waals surface area contributed by atoms with Gasteiger partial charge in [-0.1, -0.05) is 65.7 Å². The molecule has 0 aromatic heterocycles. The molecule has 0 spiro atoms. The van der Waals surface area contributed by atoms with E-state index in [2.05, 4.69) is 5.32 Å². The molecule has 1 aliphatic rings. The summed E-state index contributed by atoms with van der Waals surface area (Å²) >= 11 is 0. The van der Waals surface area contributed by atoms with Crippen molar-refractivity contribution in [2.45, 2.75) is 25.8 Å². The molecule has 3 aromatic carbocycles. The summed E-state index contributed by atoms with van der Waals surface area (Å²) in [4.78, 5) is 25.8. The van der Waals surface area contributed by atoms with Crippen molar-refractivity contribution in [1.82, 2.24) is 5.32 Å². The van der Waals surface area contributed by atoms with Gasteiger partial charge in [0.1, 0.15) is 6.04 Å². The largest absolute Gasteiger partial charge is 0.467 e. The van der Waals surface area contributed by atoms with E-state index in [0.717, 1.165) is 33.4 Å². The summed E-state index contributed by atoms with van der Waals surface area (Å²) in [6.45, 7) is 3.90. The molecule has 0 unspecified atom stereocenters. The van der Waals surface area contributed by atoms with Gasteiger partial charge < -0.3 is 10.1 Å². The number of aryl methyl sites for hydroxylation is 2. The third-order valence-electron chi connectivity index (χ3n) is 5.44. The van der Waals surface area contributed by atoms with Crippen LogP contribution in [-0.4, -0.2) is 25.0 Å². The van der Waals surface area contributed by atoms with Crippen molar-refractivity contribution in [1.29, 1.82) is 0 Å². The van der Waals surface area contributed by atoms with Crippen LogP contribution in [0.3, 0.4) is 0 Å². The topological polar surface area (TPSA) is 55.4 Å². The van der Waals surface area contributed by atoms with Crippen LogP contribution in [0.25, 0.3) is 11.1 Å². The number of carbonyl (C=O) groups excluding carboxylic acids is 2. The monoisotopic (exact) mass is 385 g/mol. The van der Waals surface area contributed by atoms with Gasteiger partial charge in [0.25, 0.3) is 5.91 Å². The summed E-state index contributed by atoms with van der Waals surface area (Å²) in [5.74, 6) is -1.04. The Morgan fingerprint density at radius 3 is 1.90 bits per heavy atom. The van der Waals surface area contributed by atoms with Crippen LogP contribution in [0.4, 0.5) is 0 Å². The number of esters is 1. The van der Waals surface area contributed by atoms with Gasteiger partial charge in [0.2, 0.25) is 0 Å². The Bertz CT molecular complexity index is 1040. The predicted octanol–water partition coefficient (Wildman–Crippen LogP) is 4.39. The lowest BCUT2D eigenvalue weighted by Crippen LogP contribution is -2.45. The number of benzene rings is 3. The number of ether oxygens (including phenoxy) is 1. The number of nitrogens with one attached hydrogen (secondary N) is 1. The van der Waals surface area contributed by atoms with E-state index in [1.807, 2.05) is 80.6 Å². The van der Waals surface area contributed by atoms with E-state index in [-0.39, 0.29) is 11.8 Å². The zero-order valence-electron chi connectivity index (χ0n) is 16.7. The first-order valence-corrected chi connectivity index (χ1v) is 9.65. The summed E-state index contributed by atoms with van der Waals surface area (Å²) < 4.78 is 5.09. The SMILES string of the molecule is COC(=O)[C@@H](NC(=O)c1cc(C)cc(C)c1)C1c2ccccc2-c2ccccc21. The molecule has 4 heteroatoms. The highest BCUT2D eigenvalue weighted by atomic mass is 16.5. The fourth-order valence-electron chi connectivity index (χ4n) is 4.29. The molecule has 4 rings (SSSR count). The predicted molar refractivity (Wildman–Crippen MR) is 113 cm³/mol. The molecule has 29 heavy (non-hydrogen) atoms. The van der Waals surface area contributed by atoms with Crippen LogP contribution in [0, 0.1) is 13.8 Å². The Hall–Kier alpha value is -3.40. The van der Waals surface area contributed by atoms with Crippen molar-refractivity contribution in [2.24, 2.45) is 0 Å². The van der Waals surface area contributed by atoms with Gasteiger partial charge in [-0.15, -0.1) is 0 Å². The number of hydrogen-bond donors (Lipinski definition) is 1. The zero-order valence-corrected chi connectivity index (χ0v) is 16.7. The van der Waals surface area contributed by atoms with E-state index in [9.17, 15) is 9.59 Å². The van der Waals surface area contributed by atoms with Crippen molar-refractivity contribution in [3.05, 3.63) is 94.5 Å². The molecular formula is C25H23NO3. The maximum absolute atomic E-state index is 13.0. The Kier molecular flexibility index (Phi) is 4.93. The number of hydrogen-bond acceptors (Lipinski definition) is 3. The first kappa shape index (κ1) is 18.9. The first-order chi connectivity index (χ1) is 14.0. The number of rotatable bonds is 4. The van der Waals surface area contributed by atoms with Crippen LogP contribution in [0.5, 0.6) is 0 Å². The fourth-order valence-corrected chi connectivity index (χ4v) is 4.29. The van der Waals surface area contributed by atoms with Gasteiger partial charge in [-0.05, 0) is 48.2 Å². The number of methoxy groups -OCH3 is 1. The Morgan fingerprint density at radius 1 is 0.862 bits per heavy atom. The van der Waals surface area contributed by atoms with Crippen LogP contribution in [0.2, 0.25) is 0 Å². The molecule has 0 bridgehead atoms. The van der Waals surface area contributed by atoms with Crippen molar-refractivity contribution in [2.75, 3.05) is 7.11 Å². The molecule has 0 aliphatic heterocycles. The summed E-state index contributed by atoms with van der Waals surface area (Å²) in [6.07, 6.45) is 0. The molecule has 1 atom stereocenters. The molecule has 4 nitrogen and oxygen atoms in total. The maximum Gasteiger partial charge on any atom is 0.329 e. The molecule has 1 N–H and O–H groups in total. The standard InChI is InChI=1S/C25H23NO3/c1-15-12-16(2)14-17(13-15)24(27)26-23(25(28)29-3)22-20-10-6-4-8-18(20)19-9-5-7-11-21(19)22/h4-14,22-23H,1-3H3,(H,26,27)/t23-/m0/s1. The lowest BCUT2D eigenvalue weighted by Gasteiger charge is -2.24. The van der Waals surface area contributed by atoms with E-state index in [0.29, 0.717) is 5.56 Å². The molecule has 3 aromatic rings. The number of amides is 1. The van der Waals surface area contributed by atoms with Gasteiger partial charge in [0.15, 0.2) is 0 Å². The van der Waals surface area contributed by atoms with Gasteiger partial charge in [0.05, 0.1) is 7.11 Å². The molecule has 0 fully saturated rings. The normalized spacial score (nSPS) is 13.3. The van der Waals surface area contributed by atoms with E-state index in [4.69, 9.17) is 4.74 Å². The molecule has 0 saturated carbocycles. The highest BCUT2D eigenvalue weighted by Gasteiger charge is 2.39. The molecule has 0 radical (unpaired) electrons. The van der Waals surface area contributed by atoms with E-state index in [1.165, 1.54) is 7.11 Å². The average Bonchev–Trinajstić information content (AvgIpc) is 3.05. The second kappa shape index (κ2) is 7.55.